The molecule has 39 heavy (non-hydrogen) atoms. The number of rotatable bonds is 9. The van der Waals surface area contributed by atoms with Gasteiger partial charge < -0.3 is 10.1 Å². The lowest BCUT2D eigenvalue weighted by Gasteiger charge is -2.26. The predicted octanol–water partition coefficient (Wildman–Crippen LogP) is 4.58. The van der Waals surface area contributed by atoms with Gasteiger partial charge in [-0.25, -0.2) is 16.8 Å². The van der Waals surface area contributed by atoms with Crippen molar-refractivity contribution in [1.29, 1.82) is 0 Å². The van der Waals surface area contributed by atoms with E-state index in [1.54, 1.807) is 37.3 Å². The second-order valence-electron chi connectivity index (χ2n) is 9.23. The smallest absolute Gasteiger partial charge is 0.264 e. The van der Waals surface area contributed by atoms with Crippen molar-refractivity contribution < 1.29 is 26.4 Å². The van der Waals surface area contributed by atoms with Crippen LogP contribution in [-0.4, -0.2) is 53.8 Å². The van der Waals surface area contributed by atoms with Crippen molar-refractivity contribution in [3.8, 4) is 5.75 Å². The highest BCUT2D eigenvalue weighted by Gasteiger charge is 2.30. The largest absolute Gasteiger partial charge is 0.495 e. The average Bonchev–Trinajstić information content (AvgIpc) is 3.45. The Balaban J connectivity index is 1.69. The van der Waals surface area contributed by atoms with Gasteiger partial charge in [0.05, 0.1) is 28.3 Å². The zero-order chi connectivity index (χ0) is 28.4. The molecule has 1 saturated heterocycles. The number of sulfonamides is 2. The predicted molar refractivity (Wildman–Crippen MR) is 152 cm³/mol. The Labute approximate surface area is 234 Å². The van der Waals surface area contributed by atoms with E-state index in [4.69, 9.17) is 16.3 Å². The highest BCUT2D eigenvalue weighted by atomic mass is 35.5. The second-order valence-corrected chi connectivity index (χ2v) is 13.4. The molecule has 1 amide bonds. The van der Waals surface area contributed by atoms with Crippen LogP contribution in [0.3, 0.4) is 0 Å². The van der Waals surface area contributed by atoms with Crippen LogP contribution < -0.4 is 14.4 Å². The summed E-state index contributed by atoms with van der Waals surface area (Å²) >= 11 is 6.30. The molecule has 1 aliphatic heterocycles. The maximum absolute atomic E-state index is 13.7. The fourth-order valence-electron chi connectivity index (χ4n) is 4.35. The van der Waals surface area contributed by atoms with Gasteiger partial charge in [0, 0.05) is 18.1 Å². The first kappa shape index (κ1) is 28.9. The number of nitrogens with one attached hydrogen (secondary N) is 1. The average molecular weight is 592 g/mol. The highest BCUT2D eigenvalue weighted by Crippen LogP contribution is 2.33. The topological polar surface area (TPSA) is 113 Å². The Kier molecular flexibility index (Phi) is 8.55. The molecule has 0 aromatic heterocycles. The summed E-state index contributed by atoms with van der Waals surface area (Å²) in [5.74, 6) is -0.463. The highest BCUT2D eigenvalue weighted by molar-refractivity contribution is 7.92. The molecule has 1 heterocycles. The van der Waals surface area contributed by atoms with Crippen LogP contribution in [0.2, 0.25) is 5.02 Å². The molecule has 0 bridgehead atoms. The molecule has 1 fully saturated rings. The Morgan fingerprint density at radius 3 is 2.26 bits per heavy atom. The summed E-state index contributed by atoms with van der Waals surface area (Å²) in [7, 11) is -6.54. The molecule has 1 N–H and O–H groups in total. The van der Waals surface area contributed by atoms with E-state index in [2.05, 4.69) is 5.32 Å². The van der Waals surface area contributed by atoms with Crippen molar-refractivity contribution in [2.24, 2.45) is 0 Å². The van der Waals surface area contributed by atoms with Crippen LogP contribution in [0.15, 0.2) is 70.5 Å². The van der Waals surface area contributed by atoms with Gasteiger partial charge in [-0.15, -0.1) is 0 Å². The number of carbonyl (C=O) groups excluding carboxylic acids is 1. The molecule has 0 saturated carbocycles. The van der Waals surface area contributed by atoms with E-state index in [0.717, 1.165) is 22.7 Å². The zero-order valence-corrected chi connectivity index (χ0v) is 24.2. The van der Waals surface area contributed by atoms with E-state index in [-0.39, 0.29) is 26.9 Å². The third-order valence-electron chi connectivity index (χ3n) is 6.55. The van der Waals surface area contributed by atoms with E-state index in [9.17, 15) is 21.6 Å². The number of methoxy groups -OCH3 is 1. The number of amides is 1. The van der Waals surface area contributed by atoms with Gasteiger partial charge in [-0.2, -0.15) is 4.31 Å². The standard InChI is InChI=1S/C27H30ClN3O6S2/c1-19-9-11-21(12-10-19)39(35,36)31(25-8-6-7-23(28)20(25)2)18-27(32)29-24-17-22(13-14-26(24)37-3)38(33,34)30-15-4-5-16-30/h6-14,17H,4-5,15-16,18H2,1-3H3,(H,29,32). The lowest BCUT2D eigenvalue weighted by molar-refractivity contribution is -0.114. The van der Waals surface area contributed by atoms with Crippen molar-refractivity contribution in [3.05, 3.63) is 76.8 Å². The van der Waals surface area contributed by atoms with Crippen molar-refractivity contribution in [2.75, 3.05) is 36.4 Å². The molecular weight excluding hydrogens is 562 g/mol. The maximum atomic E-state index is 13.7. The number of halogens is 1. The molecule has 3 aromatic rings. The first-order valence-corrected chi connectivity index (χ1v) is 15.5. The van der Waals surface area contributed by atoms with Crippen LogP contribution in [0.5, 0.6) is 5.75 Å². The molecule has 4 rings (SSSR count). The van der Waals surface area contributed by atoms with E-state index in [1.807, 2.05) is 6.92 Å². The first-order valence-electron chi connectivity index (χ1n) is 12.3. The molecule has 0 aliphatic carbocycles. The fourth-order valence-corrected chi connectivity index (χ4v) is 7.54. The Bertz CT molecular complexity index is 1590. The normalized spacial score (nSPS) is 14.3. The number of hydrogen-bond acceptors (Lipinski definition) is 6. The van der Waals surface area contributed by atoms with Crippen molar-refractivity contribution in [1.82, 2.24) is 4.31 Å². The maximum Gasteiger partial charge on any atom is 0.264 e. The van der Waals surface area contributed by atoms with Gasteiger partial charge >= 0.3 is 0 Å². The van der Waals surface area contributed by atoms with Gasteiger partial charge in [0.15, 0.2) is 0 Å². The summed E-state index contributed by atoms with van der Waals surface area (Å²) in [5.41, 5.74) is 1.72. The van der Waals surface area contributed by atoms with E-state index >= 15 is 0 Å². The summed E-state index contributed by atoms with van der Waals surface area (Å²) in [6.07, 6.45) is 1.57. The van der Waals surface area contributed by atoms with Crippen molar-refractivity contribution in [3.63, 3.8) is 0 Å². The summed E-state index contributed by atoms with van der Waals surface area (Å²) in [6, 6.07) is 15.3. The van der Waals surface area contributed by atoms with Crippen LogP contribution in [-0.2, 0) is 24.8 Å². The van der Waals surface area contributed by atoms with Crippen LogP contribution in [0.1, 0.15) is 24.0 Å². The van der Waals surface area contributed by atoms with Crippen LogP contribution >= 0.6 is 11.6 Å². The summed E-state index contributed by atoms with van der Waals surface area (Å²) in [6.45, 7) is 3.78. The molecule has 1 aliphatic rings. The minimum absolute atomic E-state index is 0.00955. The number of benzene rings is 3. The quantitative estimate of drug-likeness (QED) is 0.390. The van der Waals surface area contributed by atoms with Crippen LogP contribution in [0.4, 0.5) is 11.4 Å². The van der Waals surface area contributed by atoms with Crippen LogP contribution in [0, 0.1) is 13.8 Å². The zero-order valence-electron chi connectivity index (χ0n) is 21.8. The first-order chi connectivity index (χ1) is 18.4. The monoisotopic (exact) mass is 591 g/mol. The number of anilines is 2. The SMILES string of the molecule is COc1ccc(S(=O)(=O)N2CCCC2)cc1NC(=O)CN(c1cccc(Cl)c1C)S(=O)(=O)c1ccc(C)cc1. The Morgan fingerprint density at radius 1 is 0.974 bits per heavy atom. The van der Waals surface area contributed by atoms with Gasteiger partial charge in [0.1, 0.15) is 12.3 Å². The summed E-state index contributed by atoms with van der Waals surface area (Å²) < 4.78 is 61.4. The van der Waals surface area contributed by atoms with Gasteiger partial charge in [-0.3, -0.25) is 9.10 Å². The third kappa shape index (κ3) is 6.06. The molecule has 3 aromatic carbocycles. The minimum Gasteiger partial charge on any atom is -0.495 e. The van der Waals surface area contributed by atoms with E-state index < -0.39 is 32.5 Å². The van der Waals surface area contributed by atoms with E-state index in [0.29, 0.717) is 23.7 Å². The van der Waals surface area contributed by atoms with Crippen molar-refractivity contribution >= 4 is 48.9 Å². The molecular formula is C27H30ClN3O6S2. The lowest BCUT2D eigenvalue weighted by atomic mass is 10.2. The minimum atomic E-state index is -4.18. The molecule has 9 nitrogen and oxygen atoms in total. The number of carbonyl (C=O) groups is 1. The van der Waals surface area contributed by atoms with E-state index in [1.165, 1.54) is 41.7 Å². The molecule has 0 atom stereocenters. The number of hydrogen-bond donors (Lipinski definition) is 1. The number of ether oxygens (including phenoxy) is 1. The van der Waals surface area contributed by atoms with Gasteiger partial charge in [0.25, 0.3) is 10.0 Å². The summed E-state index contributed by atoms with van der Waals surface area (Å²) in [5, 5.41) is 2.99. The van der Waals surface area contributed by atoms with Crippen molar-refractivity contribution in [2.45, 2.75) is 36.5 Å². The molecule has 12 heteroatoms. The molecule has 0 radical (unpaired) electrons. The van der Waals surface area contributed by atoms with Gasteiger partial charge in [0.2, 0.25) is 15.9 Å². The Hall–Kier alpha value is -3.12. The van der Waals surface area contributed by atoms with Crippen LogP contribution in [0.25, 0.3) is 0 Å². The Morgan fingerprint density at radius 2 is 1.62 bits per heavy atom. The number of nitrogens with zero attached hydrogens (tertiary/aromatic N) is 2. The lowest BCUT2D eigenvalue weighted by Crippen LogP contribution is -2.38. The molecule has 0 spiro atoms. The molecule has 208 valence electrons. The molecule has 0 unspecified atom stereocenters. The second kappa shape index (κ2) is 11.5. The summed E-state index contributed by atoms with van der Waals surface area (Å²) in [4.78, 5) is 13.4. The number of aryl methyl sites for hydroxylation is 1. The van der Waals surface area contributed by atoms with Gasteiger partial charge in [-0.05, 0) is 74.7 Å². The fraction of sp³-hybridized carbons (Fsp3) is 0.296. The third-order valence-corrected chi connectivity index (χ3v) is 10.6. The van der Waals surface area contributed by atoms with Gasteiger partial charge in [-0.1, -0.05) is 35.4 Å².